The number of aromatic amines is 1. The van der Waals surface area contributed by atoms with Gasteiger partial charge < -0.3 is 20.5 Å². The van der Waals surface area contributed by atoms with Crippen LogP contribution in [-0.4, -0.2) is 46.9 Å². The van der Waals surface area contributed by atoms with Crippen molar-refractivity contribution in [2.75, 3.05) is 18.4 Å². The van der Waals surface area contributed by atoms with E-state index in [2.05, 4.69) is 45.4 Å². The summed E-state index contributed by atoms with van der Waals surface area (Å²) in [4.78, 5) is 31.4. The molecule has 174 valence electrons. The summed E-state index contributed by atoms with van der Waals surface area (Å²) in [6, 6.07) is 14.5. The molecule has 3 heterocycles. The number of hydrogen-bond donors (Lipinski definition) is 3. The normalized spacial score (nSPS) is 21.0. The summed E-state index contributed by atoms with van der Waals surface area (Å²) in [6.45, 7) is 7.47. The van der Waals surface area contributed by atoms with E-state index in [1.165, 1.54) is 0 Å². The lowest BCUT2D eigenvalue weighted by molar-refractivity contribution is -0.110. The first-order valence-electron chi connectivity index (χ1n) is 11.5. The number of carbonyl (C=O) groups excluding carboxylic acids is 2. The van der Waals surface area contributed by atoms with Crippen molar-refractivity contribution in [2.45, 2.75) is 32.9 Å². The fourth-order valence-electron chi connectivity index (χ4n) is 4.95. The molecule has 2 amide bonds. The average Bonchev–Trinajstić information content (AvgIpc) is 3.32. The topological polar surface area (TPSA) is 77.2 Å². The van der Waals surface area contributed by atoms with Crippen molar-refractivity contribution in [2.24, 2.45) is 0 Å². The molecule has 1 aromatic heterocycles. The van der Waals surface area contributed by atoms with E-state index in [1.54, 1.807) is 6.20 Å². The molecule has 3 N–H and O–H groups in total. The van der Waals surface area contributed by atoms with E-state index in [0.29, 0.717) is 24.2 Å². The summed E-state index contributed by atoms with van der Waals surface area (Å²) < 4.78 is 1.00. The van der Waals surface area contributed by atoms with Gasteiger partial charge in [0.25, 0.3) is 11.8 Å². The number of aromatic nitrogens is 1. The van der Waals surface area contributed by atoms with E-state index in [9.17, 15) is 9.59 Å². The van der Waals surface area contributed by atoms with Crippen LogP contribution in [0.1, 0.15) is 41.0 Å². The highest BCUT2D eigenvalue weighted by Crippen LogP contribution is 2.40. The Hall–Kier alpha value is -3.16. The zero-order valence-corrected chi connectivity index (χ0v) is 21.0. The second kappa shape index (κ2) is 8.89. The number of nitrogens with one attached hydrogen (secondary N) is 3. The minimum Gasteiger partial charge on any atom is -0.361 e. The number of amides is 2. The van der Waals surface area contributed by atoms with Gasteiger partial charge in [-0.3, -0.25) is 9.59 Å². The van der Waals surface area contributed by atoms with Crippen molar-refractivity contribution in [3.63, 3.8) is 0 Å². The maximum Gasteiger partial charge on any atom is 0.256 e. The van der Waals surface area contributed by atoms with E-state index in [0.717, 1.165) is 38.1 Å². The Labute approximate surface area is 207 Å². The number of piperazine rings is 1. The highest BCUT2D eigenvalue weighted by molar-refractivity contribution is 9.10. The van der Waals surface area contributed by atoms with Crippen LogP contribution in [0.3, 0.4) is 0 Å². The SMILES string of the molecule is Cc1c(C(=O)N2C[C@@H](C)N[C@H](C)C2)c[nH]c1C=C1C(=O)Nc2cccc(-c3ccc(Br)cc3)c21. The van der Waals surface area contributed by atoms with Gasteiger partial charge >= 0.3 is 0 Å². The van der Waals surface area contributed by atoms with Gasteiger partial charge in [0.2, 0.25) is 0 Å². The van der Waals surface area contributed by atoms with E-state index in [-0.39, 0.29) is 23.9 Å². The monoisotopic (exact) mass is 518 g/mol. The zero-order valence-electron chi connectivity index (χ0n) is 19.4. The molecule has 1 saturated heterocycles. The molecule has 34 heavy (non-hydrogen) atoms. The van der Waals surface area contributed by atoms with Crippen molar-refractivity contribution < 1.29 is 9.59 Å². The van der Waals surface area contributed by atoms with Gasteiger partial charge in [0.1, 0.15) is 0 Å². The van der Waals surface area contributed by atoms with Gasteiger partial charge in [0.15, 0.2) is 0 Å². The molecule has 2 aliphatic heterocycles. The van der Waals surface area contributed by atoms with E-state index in [1.807, 2.05) is 60.4 Å². The maximum atomic E-state index is 13.3. The van der Waals surface area contributed by atoms with Crippen LogP contribution in [0.25, 0.3) is 22.8 Å². The van der Waals surface area contributed by atoms with Gasteiger partial charge in [0, 0.05) is 52.8 Å². The van der Waals surface area contributed by atoms with Crippen LogP contribution in [0, 0.1) is 6.92 Å². The number of anilines is 1. The number of benzene rings is 2. The van der Waals surface area contributed by atoms with Gasteiger partial charge in [-0.05, 0) is 61.7 Å². The fourth-order valence-corrected chi connectivity index (χ4v) is 5.21. The van der Waals surface area contributed by atoms with Gasteiger partial charge in [0.05, 0.1) is 11.1 Å². The first kappa shape index (κ1) is 22.6. The largest absolute Gasteiger partial charge is 0.361 e. The molecule has 0 saturated carbocycles. The Balaban J connectivity index is 1.52. The molecule has 1 fully saturated rings. The number of nitrogens with zero attached hydrogens (tertiary/aromatic N) is 1. The summed E-state index contributed by atoms with van der Waals surface area (Å²) in [7, 11) is 0. The summed E-state index contributed by atoms with van der Waals surface area (Å²) in [5.74, 6) is -0.128. The number of fused-ring (bicyclic) bond motifs is 1. The molecule has 6 nitrogen and oxygen atoms in total. The summed E-state index contributed by atoms with van der Waals surface area (Å²) >= 11 is 3.49. The number of H-pyrrole nitrogens is 1. The van der Waals surface area contributed by atoms with Crippen LogP contribution in [-0.2, 0) is 4.79 Å². The Morgan fingerprint density at radius 2 is 1.79 bits per heavy atom. The van der Waals surface area contributed by atoms with Crippen LogP contribution in [0.4, 0.5) is 5.69 Å². The number of rotatable bonds is 3. The molecule has 0 unspecified atom stereocenters. The third kappa shape index (κ3) is 4.10. The molecule has 2 aliphatic rings. The molecule has 0 spiro atoms. The van der Waals surface area contributed by atoms with Crippen LogP contribution in [0.5, 0.6) is 0 Å². The third-order valence-electron chi connectivity index (χ3n) is 6.53. The quantitative estimate of drug-likeness (QED) is 0.423. The first-order chi connectivity index (χ1) is 16.3. The standard InChI is InChI=1S/C27H27BrN4O2/c1-15-13-32(14-16(2)30-15)27(34)22-12-29-24(17(22)3)11-21-25-20(18-7-9-19(28)10-8-18)5-4-6-23(25)31-26(21)33/h4-12,15-16,29-30H,13-14H2,1-3H3,(H,31,33)/t15-,16-/m1/s1. The van der Waals surface area contributed by atoms with E-state index >= 15 is 0 Å². The van der Waals surface area contributed by atoms with Gasteiger partial charge in [-0.1, -0.05) is 40.2 Å². The first-order valence-corrected chi connectivity index (χ1v) is 12.3. The van der Waals surface area contributed by atoms with E-state index in [4.69, 9.17) is 0 Å². The lowest BCUT2D eigenvalue weighted by Gasteiger charge is -2.36. The summed E-state index contributed by atoms with van der Waals surface area (Å²) in [5, 5.41) is 6.45. The van der Waals surface area contributed by atoms with Gasteiger partial charge in [-0.25, -0.2) is 0 Å². The van der Waals surface area contributed by atoms with Gasteiger partial charge in [-0.15, -0.1) is 0 Å². The molecular formula is C27H27BrN4O2. The molecule has 3 aromatic rings. The van der Waals surface area contributed by atoms with Crippen LogP contribution in [0.15, 0.2) is 53.1 Å². The minimum atomic E-state index is -0.147. The second-order valence-electron chi connectivity index (χ2n) is 9.17. The lowest BCUT2D eigenvalue weighted by Crippen LogP contribution is -2.55. The number of halogens is 1. The van der Waals surface area contributed by atoms with E-state index < -0.39 is 0 Å². The molecule has 2 aromatic carbocycles. The average molecular weight is 519 g/mol. The Morgan fingerprint density at radius 3 is 2.50 bits per heavy atom. The van der Waals surface area contributed by atoms with Crippen LogP contribution < -0.4 is 10.6 Å². The Kier molecular flexibility index (Phi) is 5.91. The smallest absolute Gasteiger partial charge is 0.256 e. The summed E-state index contributed by atoms with van der Waals surface area (Å²) in [6.07, 6.45) is 3.62. The number of hydrogen-bond acceptors (Lipinski definition) is 3. The number of carbonyl (C=O) groups is 2. The highest BCUT2D eigenvalue weighted by Gasteiger charge is 2.30. The minimum absolute atomic E-state index is 0.0189. The van der Waals surface area contributed by atoms with Crippen LogP contribution >= 0.6 is 15.9 Å². The molecule has 5 rings (SSSR count). The second-order valence-corrected chi connectivity index (χ2v) is 10.1. The van der Waals surface area contributed by atoms with Crippen molar-refractivity contribution in [1.82, 2.24) is 15.2 Å². The fraction of sp³-hybridized carbons (Fsp3) is 0.259. The molecular weight excluding hydrogens is 492 g/mol. The van der Waals surface area contributed by atoms with Crippen molar-refractivity contribution in [1.29, 1.82) is 0 Å². The van der Waals surface area contributed by atoms with Gasteiger partial charge in [-0.2, -0.15) is 0 Å². The summed E-state index contributed by atoms with van der Waals surface area (Å²) in [5.41, 5.74) is 6.53. The molecule has 0 bridgehead atoms. The predicted molar refractivity (Wildman–Crippen MR) is 140 cm³/mol. The predicted octanol–water partition coefficient (Wildman–Crippen LogP) is 5.07. The maximum absolute atomic E-state index is 13.3. The van der Waals surface area contributed by atoms with Crippen LogP contribution in [0.2, 0.25) is 0 Å². The Bertz CT molecular complexity index is 1300. The highest BCUT2D eigenvalue weighted by atomic mass is 79.9. The Morgan fingerprint density at radius 1 is 1.09 bits per heavy atom. The third-order valence-corrected chi connectivity index (χ3v) is 7.05. The van der Waals surface area contributed by atoms with Crippen molar-refractivity contribution >= 4 is 45.1 Å². The molecule has 2 atom stereocenters. The zero-order chi connectivity index (χ0) is 24.0. The lowest BCUT2D eigenvalue weighted by atomic mass is 9.94. The van der Waals surface area contributed by atoms with Crippen molar-refractivity contribution in [3.05, 3.63) is 75.5 Å². The van der Waals surface area contributed by atoms with Crippen molar-refractivity contribution in [3.8, 4) is 11.1 Å². The molecule has 0 radical (unpaired) electrons. The molecule has 7 heteroatoms. The molecule has 0 aliphatic carbocycles.